The molecule has 4 rings (SSSR count). The number of carboxylic acid groups (broad SMARTS) is 1. The van der Waals surface area contributed by atoms with E-state index in [4.69, 9.17) is 5.11 Å². The van der Waals surface area contributed by atoms with Crippen molar-refractivity contribution in [2.75, 3.05) is 13.1 Å². The number of carbonyl (C=O) groups is 2. The lowest BCUT2D eigenvalue weighted by molar-refractivity contribution is -0.143. The summed E-state index contributed by atoms with van der Waals surface area (Å²) in [6.07, 6.45) is 2.77. The first-order valence-electron chi connectivity index (χ1n) is 9.55. The summed E-state index contributed by atoms with van der Waals surface area (Å²) in [6, 6.07) is 3.73. The lowest BCUT2D eigenvalue weighted by Crippen LogP contribution is -2.39. The molecule has 1 atom stereocenters. The zero-order chi connectivity index (χ0) is 20.7. The monoisotopic (exact) mass is 414 g/mol. The molecule has 0 aromatic carbocycles. The van der Waals surface area contributed by atoms with Gasteiger partial charge in [-0.05, 0) is 37.5 Å². The molecule has 4 heterocycles. The molecule has 9 heteroatoms. The number of thiophene rings is 1. The Bertz CT molecular complexity index is 1140. The van der Waals surface area contributed by atoms with Crippen molar-refractivity contribution in [1.29, 1.82) is 0 Å². The van der Waals surface area contributed by atoms with Crippen LogP contribution in [0.5, 0.6) is 0 Å². The molecule has 0 spiro atoms. The van der Waals surface area contributed by atoms with E-state index in [9.17, 15) is 14.4 Å². The number of rotatable bonds is 4. The van der Waals surface area contributed by atoms with Gasteiger partial charge in [0.25, 0.3) is 11.5 Å². The summed E-state index contributed by atoms with van der Waals surface area (Å²) in [5.74, 6) is -0.734. The van der Waals surface area contributed by atoms with Crippen LogP contribution in [0.3, 0.4) is 0 Å². The Balaban J connectivity index is 1.54. The first-order valence-corrected chi connectivity index (χ1v) is 10.4. The Morgan fingerprint density at radius 1 is 1.31 bits per heavy atom. The number of aromatic amines is 2. The fraction of sp³-hybridized carbons (Fsp3) is 0.400. The lowest BCUT2D eigenvalue weighted by Gasteiger charge is -2.29. The molecule has 0 radical (unpaired) electrons. The molecule has 1 unspecified atom stereocenters. The number of likely N-dealkylation sites (tertiary alicyclic amines) is 1. The molecule has 0 bridgehead atoms. The van der Waals surface area contributed by atoms with Gasteiger partial charge in [0.15, 0.2) is 0 Å². The Kier molecular flexibility index (Phi) is 4.99. The molecule has 1 fully saturated rings. The molecule has 3 N–H and O–H groups in total. The van der Waals surface area contributed by atoms with Crippen molar-refractivity contribution in [2.24, 2.45) is 5.92 Å². The number of nitrogens with one attached hydrogen (secondary N) is 2. The summed E-state index contributed by atoms with van der Waals surface area (Å²) in [6.45, 7) is 4.66. The van der Waals surface area contributed by atoms with Crippen LogP contribution in [0.25, 0.3) is 11.0 Å². The number of H-pyrrole nitrogens is 2. The van der Waals surface area contributed by atoms with E-state index in [1.54, 1.807) is 18.0 Å². The molecule has 0 aliphatic carbocycles. The minimum Gasteiger partial charge on any atom is -0.481 e. The maximum absolute atomic E-state index is 12.8. The predicted octanol–water partition coefficient (Wildman–Crippen LogP) is 2.71. The Morgan fingerprint density at radius 3 is 2.72 bits per heavy atom. The van der Waals surface area contributed by atoms with Crippen molar-refractivity contribution in [1.82, 2.24) is 19.9 Å². The minimum absolute atomic E-state index is 0.0636. The van der Waals surface area contributed by atoms with E-state index in [1.165, 1.54) is 11.3 Å². The molecule has 8 nitrogen and oxygen atoms in total. The molecule has 1 aliphatic heterocycles. The summed E-state index contributed by atoms with van der Waals surface area (Å²) in [4.78, 5) is 49.8. The van der Waals surface area contributed by atoms with E-state index >= 15 is 0 Å². The molecule has 3 aromatic rings. The van der Waals surface area contributed by atoms with Gasteiger partial charge in [-0.3, -0.25) is 14.4 Å². The molecular formula is C20H22N4O4S. The van der Waals surface area contributed by atoms with Gasteiger partial charge in [-0.2, -0.15) is 0 Å². The Morgan fingerprint density at radius 2 is 2.03 bits per heavy atom. The summed E-state index contributed by atoms with van der Waals surface area (Å²) in [7, 11) is 0. The van der Waals surface area contributed by atoms with E-state index in [0.717, 1.165) is 10.4 Å². The van der Waals surface area contributed by atoms with Crippen molar-refractivity contribution in [3.05, 3.63) is 49.8 Å². The van der Waals surface area contributed by atoms with Gasteiger partial charge in [0, 0.05) is 30.1 Å². The smallest absolute Gasteiger partial charge is 0.306 e. The molecule has 1 aliphatic rings. The minimum atomic E-state index is -0.789. The number of carboxylic acids is 1. The Hall–Kier alpha value is -2.94. The third-order valence-electron chi connectivity index (χ3n) is 5.55. The van der Waals surface area contributed by atoms with Crippen molar-refractivity contribution < 1.29 is 14.7 Å². The van der Waals surface area contributed by atoms with E-state index in [-0.39, 0.29) is 23.3 Å². The largest absolute Gasteiger partial charge is 0.481 e. The van der Waals surface area contributed by atoms with Crippen LogP contribution in [0, 0.1) is 12.8 Å². The lowest BCUT2D eigenvalue weighted by atomic mass is 9.97. The highest BCUT2D eigenvalue weighted by Crippen LogP contribution is 2.33. The summed E-state index contributed by atoms with van der Waals surface area (Å²) in [5.41, 5.74) is 1.23. The molecule has 1 saturated heterocycles. The fourth-order valence-electron chi connectivity index (χ4n) is 3.86. The average Bonchev–Trinajstić information content (AvgIpc) is 3.34. The van der Waals surface area contributed by atoms with Crippen LogP contribution >= 0.6 is 11.3 Å². The quantitative estimate of drug-likeness (QED) is 0.606. The van der Waals surface area contributed by atoms with E-state index in [1.807, 2.05) is 19.1 Å². The van der Waals surface area contributed by atoms with E-state index in [2.05, 4.69) is 15.0 Å². The number of hydrogen-bond donors (Lipinski definition) is 3. The van der Waals surface area contributed by atoms with Crippen LogP contribution in [0.1, 0.15) is 51.6 Å². The van der Waals surface area contributed by atoms with Crippen LogP contribution < -0.4 is 5.56 Å². The second-order valence-electron chi connectivity index (χ2n) is 7.45. The normalized spacial score (nSPS) is 16.3. The molecule has 3 aromatic heterocycles. The van der Waals surface area contributed by atoms with Gasteiger partial charge < -0.3 is 20.0 Å². The van der Waals surface area contributed by atoms with E-state index < -0.39 is 5.97 Å². The first kappa shape index (κ1) is 19.4. The topological polar surface area (TPSA) is 119 Å². The number of piperidine rings is 1. The highest BCUT2D eigenvalue weighted by molar-refractivity contribution is 7.14. The number of carbonyl (C=O) groups excluding carboxylic acids is 1. The van der Waals surface area contributed by atoms with Crippen LogP contribution in [-0.2, 0) is 4.79 Å². The number of aliphatic carboxylic acids is 1. The van der Waals surface area contributed by atoms with Crippen LogP contribution in [0.4, 0.5) is 0 Å². The van der Waals surface area contributed by atoms with Crippen molar-refractivity contribution in [3.63, 3.8) is 0 Å². The van der Waals surface area contributed by atoms with Crippen LogP contribution in [0.15, 0.2) is 23.1 Å². The van der Waals surface area contributed by atoms with Crippen LogP contribution in [0.2, 0.25) is 0 Å². The molecular weight excluding hydrogens is 392 g/mol. The number of fused-ring (bicyclic) bond motifs is 1. The number of amides is 1. The highest BCUT2D eigenvalue weighted by atomic mass is 32.1. The average molecular weight is 414 g/mol. The molecule has 152 valence electrons. The fourth-order valence-corrected chi connectivity index (χ4v) is 4.90. The van der Waals surface area contributed by atoms with Gasteiger partial charge in [0.1, 0.15) is 11.5 Å². The summed E-state index contributed by atoms with van der Waals surface area (Å²) in [5, 5.41) is 9.65. The Labute approximate surface area is 170 Å². The van der Waals surface area contributed by atoms with Gasteiger partial charge in [-0.1, -0.05) is 6.92 Å². The number of aryl methyl sites for hydroxylation is 1. The first-order chi connectivity index (χ1) is 13.8. The summed E-state index contributed by atoms with van der Waals surface area (Å²) >= 11 is 1.41. The van der Waals surface area contributed by atoms with E-state index in [0.29, 0.717) is 47.7 Å². The third-order valence-corrected chi connectivity index (χ3v) is 6.81. The third kappa shape index (κ3) is 3.57. The maximum Gasteiger partial charge on any atom is 0.306 e. The molecule has 29 heavy (non-hydrogen) atoms. The highest BCUT2D eigenvalue weighted by Gasteiger charge is 2.28. The standard InChI is InChI=1S/C20H22N4O4S/c1-10(13-9-21-17-16(13)18(25)23-11(2)22-17)14-3-4-15(29-14)19(26)24-7-5-12(6-8-24)20(27)28/h3-4,9-10,12H,5-8H2,1-2H3,(H,27,28)(H2,21,22,23,25). The predicted molar refractivity (Wildman–Crippen MR) is 110 cm³/mol. The van der Waals surface area contributed by atoms with Gasteiger partial charge in [-0.15, -0.1) is 11.3 Å². The summed E-state index contributed by atoms with van der Waals surface area (Å²) < 4.78 is 0. The maximum atomic E-state index is 12.8. The number of hydrogen-bond acceptors (Lipinski definition) is 5. The van der Waals surface area contributed by atoms with Crippen LogP contribution in [-0.4, -0.2) is 49.9 Å². The van der Waals surface area contributed by atoms with Gasteiger partial charge in [0.05, 0.1) is 16.2 Å². The SMILES string of the molecule is Cc1nc2[nH]cc(C(C)c3ccc(C(=O)N4CCC(C(=O)O)CC4)s3)c2c(=O)[nH]1. The zero-order valence-corrected chi connectivity index (χ0v) is 17.0. The van der Waals surface area contributed by atoms with Gasteiger partial charge >= 0.3 is 5.97 Å². The van der Waals surface area contributed by atoms with Crippen molar-refractivity contribution in [2.45, 2.75) is 32.6 Å². The second kappa shape index (κ2) is 7.47. The van der Waals surface area contributed by atoms with Crippen molar-refractivity contribution >= 4 is 34.2 Å². The van der Waals surface area contributed by atoms with Crippen molar-refractivity contribution in [3.8, 4) is 0 Å². The van der Waals surface area contributed by atoms with Gasteiger partial charge in [0.2, 0.25) is 0 Å². The number of aromatic nitrogens is 3. The molecule has 1 amide bonds. The zero-order valence-electron chi connectivity index (χ0n) is 16.2. The molecule has 0 saturated carbocycles. The second-order valence-corrected chi connectivity index (χ2v) is 8.56. The number of nitrogens with zero attached hydrogens (tertiary/aromatic N) is 2. The van der Waals surface area contributed by atoms with Gasteiger partial charge in [-0.25, -0.2) is 4.98 Å².